The molecule has 0 unspecified atom stereocenters. The third-order valence-electron chi connectivity index (χ3n) is 2.40. The lowest BCUT2D eigenvalue weighted by molar-refractivity contribution is 0.0295. The van der Waals surface area contributed by atoms with E-state index in [1.54, 1.807) is 22.4 Å². The zero-order chi connectivity index (χ0) is 16.3. The molecule has 1 amide bonds. The molecule has 2 heterocycles. The lowest BCUT2D eigenvalue weighted by atomic mass is 10.2. The highest BCUT2D eigenvalue weighted by molar-refractivity contribution is 7.13. The molecule has 0 spiro atoms. The Morgan fingerprint density at radius 3 is 2.29 bits per heavy atom. The lowest BCUT2D eigenvalue weighted by Crippen LogP contribution is -2.34. The first-order valence-corrected chi connectivity index (χ1v) is 7.69. The summed E-state index contributed by atoms with van der Waals surface area (Å²) in [5, 5.41) is 5.82. The lowest BCUT2D eigenvalue weighted by Gasteiger charge is -2.23. The van der Waals surface area contributed by atoms with Gasteiger partial charge in [-0.2, -0.15) is 0 Å². The molecular weight excluding hydrogens is 286 g/mol. The van der Waals surface area contributed by atoms with E-state index in [0.717, 1.165) is 31.1 Å². The second-order valence-corrected chi connectivity index (χ2v) is 6.16. The fourth-order valence-electron chi connectivity index (χ4n) is 1.57. The molecule has 118 valence electrons. The summed E-state index contributed by atoms with van der Waals surface area (Å²) in [6, 6.07) is 0. The summed E-state index contributed by atoms with van der Waals surface area (Å²) < 4.78 is 5.21. The number of hydrogen-bond donors (Lipinski definition) is 1. The smallest absolute Gasteiger partial charge is 0.410 e. The van der Waals surface area contributed by atoms with Gasteiger partial charge >= 0.3 is 6.09 Å². The Labute approximate surface area is 131 Å². The number of hydrogen-bond acceptors (Lipinski definition) is 5. The average molecular weight is 311 g/mol. The molecule has 21 heavy (non-hydrogen) atoms. The summed E-state index contributed by atoms with van der Waals surface area (Å²) in [5.41, 5.74) is -0.361. The molecule has 1 aromatic rings. The molecule has 0 aromatic carbocycles. The zero-order valence-corrected chi connectivity index (χ0v) is 14.1. The van der Waals surface area contributed by atoms with Gasteiger partial charge in [0, 0.05) is 31.7 Å². The van der Waals surface area contributed by atoms with Crippen molar-refractivity contribution < 1.29 is 9.53 Å². The Morgan fingerprint density at radius 1 is 1.38 bits per heavy atom. The number of carbonyl (C=O) groups excluding carboxylic acids is 1. The molecular formula is C15H25N3O2S. The molecule has 1 N–H and O–H groups in total. The van der Waals surface area contributed by atoms with E-state index in [1.807, 2.05) is 33.2 Å². The molecule has 1 fully saturated rings. The number of thiazole rings is 1. The summed E-state index contributed by atoms with van der Waals surface area (Å²) >= 11 is 1.60. The van der Waals surface area contributed by atoms with Crippen molar-refractivity contribution in [2.24, 2.45) is 0 Å². The highest BCUT2D eigenvalue weighted by atomic mass is 32.1. The number of rotatable bonds is 1. The molecule has 1 aromatic heterocycles. The van der Waals surface area contributed by atoms with Gasteiger partial charge in [-0.15, -0.1) is 24.2 Å². The van der Waals surface area contributed by atoms with Gasteiger partial charge in [0.25, 0.3) is 0 Å². The highest BCUT2D eigenvalue weighted by Gasteiger charge is 2.23. The SMILES string of the molecule is C#C.CC(C)(C)OC(=O)N1CCCC1.CNc1nccs1. The van der Waals surface area contributed by atoms with Crippen LogP contribution in [0.25, 0.3) is 0 Å². The van der Waals surface area contributed by atoms with Crippen molar-refractivity contribution in [1.29, 1.82) is 0 Å². The van der Waals surface area contributed by atoms with E-state index in [1.165, 1.54) is 0 Å². The quantitative estimate of drug-likeness (QED) is 0.807. The van der Waals surface area contributed by atoms with Crippen molar-refractivity contribution in [1.82, 2.24) is 9.88 Å². The number of aromatic nitrogens is 1. The summed E-state index contributed by atoms with van der Waals surface area (Å²) in [7, 11) is 1.86. The minimum Gasteiger partial charge on any atom is -0.444 e. The molecule has 0 atom stereocenters. The van der Waals surface area contributed by atoms with Crippen molar-refractivity contribution >= 4 is 22.6 Å². The van der Waals surface area contributed by atoms with Gasteiger partial charge in [-0.25, -0.2) is 9.78 Å². The summed E-state index contributed by atoms with van der Waals surface area (Å²) in [4.78, 5) is 17.1. The number of carbonyl (C=O) groups is 1. The molecule has 1 aliphatic rings. The van der Waals surface area contributed by atoms with E-state index >= 15 is 0 Å². The number of likely N-dealkylation sites (tertiary alicyclic amines) is 1. The second kappa shape index (κ2) is 10.1. The van der Waals surface area contributed by atoms with Crippen molar-refractivity contribution in [3.63, 3.8) is 0 Å². The van der Waals surface area contributed by atoms with Crippen LogP contribution in [0.2, 0.25) is 0 Å². The summed E-state index contributed by atoms with van der Waals surface area (Å²) in [6.07, 6.45) is 11.8. The van der Waals surface area contributed by atoms with E-state index in [2.05, 4.69) is 23.1 Å². The van der Waals surface area contributed by atoms with E-state index < -0.39 is 0 Å². The maximum absolute atomic E-state index is 11.4. The minimum absolute atomic E-state index is 0.167. The maximum Gasteiger partial charge on any atom is 0.410 e. The number of terminal acetylenes is 1. The van der Waals surface area contributed by atoms with Crippen LogP contribution >= 0.6 is 11.3 Å². The van der Waals surface area contributed by atoms with Gasteiger partial charge in [0.1, 0.15) is 5.60 Å². The topological polar surface area (TPSA) is 54.5 Å². The van der Waals surface area contributed by atoms with Crippen LogP contribution in [0, 0.1) is 12.8 Å². The highest BCUT2D eigenvalue weighted by Crippen LogP contribution is 2.14. The van der Waals surface area contributed by atoms with E-state index in [9.17, 15) is 4.79 Å². The Kier molecular flexibility index (Phi) is 9.22. The number of nitrogens with one attached hydrogen (secondary N) is 1. The zero-order valence-electron chi connectivity index (χ0n) is 13.3. The van der Waals surface area contributed by atoms with Crippen LogP contribution in [0.5, 0.6) is 0 Å². The minimum atomic E-state index is -0.361. The van der Waals surface area contributed by atoms with Crippen LogP contribution in [-0.4, -0.2) is 41.7 Å². The van der Waals surface area contributed by atoms with Gasteiger partial charge in [-0.1, -0.05) is 0 Å². The number of nitrogens with zero attached hydrogens (tertiary/aromatic N) is 2. The van der Waals surface area contributed by atoms with E-state index in [4.69, 9.17) is 4.74 Å². The van der Waals surface area contributed by atoms with Gasteiger partial charge in [0.15, 0.2) is 5.13 Å². The Hall–Kier alpha value is -1.74. The Morgan fingerprint density at radius 2 is 1.95 bits per heavy atom. The standard InChI is InChI=1S/C9H17NO2.C4H6N2S.C2H2/c1-9(2,3)12-8(11)10-6-4-5-7-10;1-5-4-6-2-3-7-4;1-2/h4-7H2,1-3H3;2-3H,1H3,(H,5,6);1-2H. The molecule has 6 heteroatoms. The first kappa shape index (κ1) is 19.3. The Balaban J connectivity index is 0.000000377. The van der Waals surface area contributed by atoms with Gasteiger partial charge in [-0.05, 0) is 33.6 Å². The third kappa shape index (κ3) is 8.92. The normalized spacial score (nSPS) is 13.3. The molecule has 2 rings (SSSR count). The first-order valence-electron chi connectivity index (χ1n) is 6.81. The van der Waals surface area contributed by atoms with E-state index in [-0.39, 0.29) is 11.7 Å². The fourth-order valence-corrected chi connectivity index (χ4v) is 2.06. The van der Waals surface area contributed by atoms with Gasteiger partial charge in [-0.3, -0.25) is 0 Å². The van der Waals surface area contributed by atoms with Crippen LogP contribution in [0.15, 0.2) is 11.6 Å². The predicted octanol–water partition coefficient (Wildman–Crippen LogP) is 3.45. The number of ether oxygens (including phenoxy) is 1. The van der Waals surface area contributed by atoms with Crippen molar-refractivity contribution in [3.8, 4) is 12.8 Å². The van der Waals surface area contributed by atoms with Gasteiger partial charge in [0.05, 0.1) is 0 Å². The van der Waals surface area contributed by atoms with Gasteiger partial charge in [0.2, 0.25) is 0 Å². The monoisotopic (exact) mass is 311 g/mol. The van der Waals surface area contributed by atoms with Gasteiger partial charge < -0.3 is 15.0 Å². The number of anilines is 1. The molecule has 0 radical (unpaired) electrons. The predicted molar refractivity (Wildman–Crippen MR) is 88.6 cm³/mol. The summed E-state index contributed by atoms with van der Waals surface area (Å²) in [6.45, 7) is 7.38. The van der Waals surface area contributed by atoms with Crippen LogP contribution in [0.4, 0.5) is 9.93 Å². The summed E-state index contributed by atoms with van der Waals surface area (Å²) in [5.74, 6) is 0. The average Bonchev–Trinajstić information content (AvgIpc) is 3.13. The third-order valence-corrected chi connectivity index (χ3v) is 3.19. The molecule has 0 bridgehead atoms. The molecule has 1 aliphatic heterocycles. The van der Waals surface area contributed by atoms with E-state index in [0.29, 0.717) is 0 Å². The Bertz CT molecular complexity index is 404. The number of amides is 1. The molecule has 0 saturated carbocycles. The first-order chi connectivity index (χ1) is 9.92. The molecule has 1 saturated heterocycles. The van der Waals surface area contributed by atoms with Crippen LogP contribution in [0.3, 0.4) is 0 Å². The van der Waals surface area contributed by atoms with Crippen LogP contribution < -0.4 is 5.32 Å². The fraction of sp³-hybridized carbons (Fsp3) is 0.600. The van der Waals surface area contributed by atoms with Crippen molar-refractivity contribution in [2.75, 3.05) is 25.5 Å². The molecule has 0 aliphatic carbocycles. The van der Waals surface area contributed by atoms with Crippen molar-refractivity contribution in [2.45, 2.75) is 39.2 Å². The largest absolute Gasteiger partial charge is 0.444 e. The maximum atomic E-state index is 11.4. The second-order valence-electron chi connectivity index (χ2n) is 5.26. The van der Waals surface area contributed by atoms with Crippen LogP contribution in [0.1, 0.15) is 33.6 Å². The molecule has 5 nitrogen and oxygen atoms in total. The van der Waals surface area contributed by atoms with Crippen LogP contribution in [-0.2, 0) is 4.74 Å². The van der Waals surface area contributed by atoms with Crippen molar-refractivity contribution in [3.05, 3.63) is 11.6 Å².